The van der Waals surface area contributed by atoms with Gasteiger partial charge < -0.3 is 5.32 Å². The first-order valence-corrected chi connectivity index (χ1v) is 6.27. The Hall–Kier alpha value is -1.12. The van der Waals surface area contributed by atoms with E-state index >= 15 is 0 Å². The third kappa shape index (κ3) is 2.94. The summed E-state index contributed by atoms with van der Waals surface area (Å²) in [7, 11) is 0. The minimum atomic E-state index is 0.817. The third-order valence-corrected chi connectivity index (χ3v) is 3.57. The minimum absolute atomic E-state index is 0.817. The van der Waals surface area contributed by atoms with E-state index in [0.717, 1.165) is 29.9 Å². The van der Waals surface area contributed by atoms with Crippen LogP contribution in [0.3, 0.4) is 0 Å². The fourth-order valence-corrected chi connectivity index (χ4v) is 2.36. The topological polar surface area (TPSA) is 37.8 Å². The molecule has 1 aromatic heterocycles. The normalized spacial score (nSPS) is 25.4. The standard InChI is InChI=1S/C13H21N3/c1-10-3-5-12(6-4-10)9-16-13-11(2)14-7-8-15-13/h7-8,10,12H,3-6,9H2,1-2H3,(H,15,16). The molecule has 3 nitrogen and oxygen atoms in total. The van der Waals surface area contributed by atoms with Gasteiger partial charge in [0.15, 0.2) is 0 Å². The van der Waals surface area contributed by atoms with Crippen LogP contribution in [-0.4, -0.2) is 16.5 Å². The summed E-state index contributed by atoms with van der Waals surface area (Å²) in [5.74, 6) is 2.69. The highest BCUT2D eigenvalue weighted by atomic mass is 15.0. The molecule has 0 radical (unpaired) electrons. The van der Waals surface area contributed by atoms with Crippen molar-refractivity contribution in [2.75, 3.05) is 11.9 Å². The molecule has 1 heterocycles. The molecule has 1 aliphatic rings. The molecule has 1 aliphatic carbocycles. The average molecular weight is 219 g/mol. The van der Waals surface area contributed by atoms with Crippen LogP contribution >= 0.6 is 0 Å². The fraction of sp³-hybridized carbons (Fsp3) is 0.692. The second-order valence-corrected chi connectivity index (χ2v) is 5.00. The molecule has 0 amide bonds. The maximum absolute atomic E-state index is 4.30. The van der Waals surface area contributed by atoms with Crippen molar-refractivity contribution >= 4 is 5.82 Å². The van der Waals surface area contributed by atoms with Crippen LogP contribution in [0.2, 0.25) is 0 Å². The van der Waals surface area contributed by atoms with Gasteiger partial charge in [0.2, 0.25) is 0 Å². The van der Waals surface area contributed by atoms with Gasteiger partial charge in [-0.05, 0) is 31.6 Å². The quantitative estimate of drug-likeness (QED) is 0.849. The van der Waals surface area contributed by atoms with Gasteiger partial charge in [-0.15, -0.1) is 0 Å². The summed E-state index contributed by atoms with van der Waals surface area (Å²) in [5.41, 5.74) is 0.992. The lowest BCUT2D eigenvalue weighted by Gasteiger charge is -2.26. The molecular formula is C13H21N3. The van der Waals surface area contributed by atoms with E-state index in [0.29, 0.717) is 0 Å². The summed E-state index contributed by atoms with van der Waals surface area (Å²) < 4.78 is 0. The summed E-state index contributed by atoms with van der Waals surface area (Å²) >= 11 is 0. The predicted molar refractivity (Wildman–Crippen MR) is 66.4 cm³/mol. The number of anilines is 1. The van der Waals surface area contributed by atoms with E-state index in [-0.39, 0.29) is 0 Å². The average Bonchev–Trinajstić information content (AvgIpc) is 2.30. The van der Waals surface area contributed by atoms with Crippen molar-refractivity contribution in [1.29, 1.82) is 0 Å². The number of aromatic nitrogens is 2. The van der Waals surface area contributed by atoms with Crippen molar-refractivity contribution in [2.45, 2.75) is 39.5 Å². The Kier molecular flexibility index (Phi) is 3.75. The molecule has 1 N–H and O–H groups in total. The number of hydrogen-bond donors (Lipinski definition) is 1. The Morgan fingerprint density at radius 3 is 2.56 bits per heavy atom. The summed E-state index contributed by atoms with van der Waals surface area (Å²) in [4.78, 5) is 8.53. The van der Waals surface area contributed by atoms with Gasteiger partial charge in [0.1, 0.15) is 5.82 Å². The maximum atomic E-state index is 4.30. The smallest absolute Gasteiger partial charge is 0.147 e. The number of hydrogen-bond acceptors (Lipinski definition) is 3. The van der Waals surface area contributed by atoms with E-state index < -0.39 is 0 Å². The number of nitrogens with one attached hydrogen (secondary N) is 1. The van der Waals surface area contributed by atoms with Gasteiger partial charge in [-0.3, -0.25) is 4.98 Å². The molecule has 2 rings (SSSR count). The Bertz CT molecular complexity index is 330. The molecule has 16 heavy (non-hydrogen) atoms. The maximum Gasteiger partial charge on any atom is 0.147 e. The molecule has 0 aliphatic heterocycles. The van der Waals surface area contributed by atoms with Gasteiger partial charge in [0.05, 0.1) is 5.69 Å². The summed E-state index contributed by atoms with van der Waals surface area (Å²) in [6.07, 6.45) is 8.96. The van der Waals surface area contributed by atoms with Gasteiger partial charge in [0.25, 0.3) is 0 Å². The van der Waals surface area contributed by atoms with Crippen LogP contribution in [0.5, 0.6) is 0 Å². The lowest BCUT2D eigenvalue weighted by molar-refractivity contribution is 0.300. The molecule has 0 bridgehead atoms. The second kappa shape index (κ2) is 5.28. The zero-order valence-electron chi connectivity index (χ0n) is 10.2. The van der Waals surface area contributed by atoms with E-state index in [1.165, 1.54) is 25.7 Å². The van der Waals surface area contributed by atoms with E-state index in [1.54, 1.807) is 12.4 Å². The SMILES string of the molecule is Cc1nccnc1NCC1CCC(C)CC1. The first-order valence-electron chi connectivity index (χ1n) is 6.27. The highest BCUT2D eigenvalue weighted by Crippen LogP contribution is 2.28. The van der Waals surface area contributed by atoms with Crippen LogP contribution in [0, 0.1) is 18.8 Å². The molecule has 3 heteroatoms. The van der Waals surface area contributed by atoms with E-state index in [4.69, 9.17) is 0 Å². The Balaban J connectivity index is 1.81. The Morgan fingerprint density at radius 2 is 1.88 bits per heavy atom. The lowest BCUT2D eigenvalue weighted by atomic mass is 9.83. The predicted octanol–water partition coefficient (Wildman–Crippen LogP) is 3.02. The largest absolute Gasteiger partial charge is 0.368 e. The Labute approximate surface area is 97.7 Å². The van der Waals surface area contributed by atoms with E-state index in [9.17, 15) is 0 Å². The molecule has 0 spiro atoms. The van der Waals surface area contributed by atoms with Crippen LogP contribution in [0.4, 0.5) is 5.82 Å². The number of rotatable bonds is 3. The van der Waals surface area contributed by atoms with Crippen molar-refractivity contribution in [3.63, 3.8) is 0 Å². The van der Waals surface area contributed by atoms with Crippen LogP contribution in [0.15, 0.2) is 12.4 Å². The number of nitrogens with zero attached hydrogens (tertiary/aromatic N) is 2. The van der Waals surface area contributed by atoms with Crippen LogP contribution in [-0.2, 0) is 0 Å². The molecule has 1 saturated carbocycles. The molecular weight excluding hydrogens is 198 g/mol. The van der Waals surface area contributed by atoms with Crippen LogP contribution in [0.25, 0.3) is 0 Å². The summed E-state index contributed by atoms with van der Waals surface area (Å²) in [5, 5.41) is 3.42. The summed E-state index contributed by atoms with van der Waals surface area (Å²) in [6, 6.07) is 0. The fourth-order valence-electron chi connectivity index (χ4n) is 2.36. The summed E-state index contributed by atoms with van der Waals surface area (Å²) in [6.45, 7) is 5.40. The van der Waals surface area contributed by atoms with Crippen molar-refractivity contribution in [3.05, 3.63) is 18.1 Å². The molecule has 0 aromatic carbocycles. The van der Waals surface area contributed by atoms with Gasteiger partial charge in [-0.2, -0.15) is 0 Å². The first kappa shape index (κ1) is 11.4. The molecule has 0 saturated heterocycles. The van der Waals surface area contributed by atoms with Gasteiger partial charge in [-0.25, -0.2) is 4.98 Å². The highest BCUT2D eigenvalue weighted by molar-refractivity contribution is 5.38. The molecule has 1 aromatic rings. The molecule has 0 atom stereocenters. The highest BCUT2D eigenvalue weighted by Gasteiger charge is 2.18. The number of aryl methyl sites for hydroxylation is 1. The van der Waals surface area contributed by atoms with Crippen LogP contribution in [0.1, 0.15) is 38.3 Å². The van der Waals surface area contributed by atoms with Crippen molar-refractivity contribution in [3.8, 4) is 0 Å². The Morgan fingerprint density at radius 1 is 1.19 bits per heavy atom. The zero-order chi connectivity index (χ0) is 11.4. The second-order valence-electron chi connectivity index (χ2n) is 5.00. The van der Waals surface area contributed by atoms with E-state index in [2.05, 4.69) is 22.2 Å². The van der Waals surface area contributed by atoms with Crippen molar-refractivity contribution in [2.24, 2.45) is 11.8 Å². The third-order valence-electron chi connectivity index (χ3n) is 3.57. The monoisotopic (exact) mass is 219 g/mol. The molecule has 0 unspecified atom stereocenters. The van der Waals surface area contributed by atoms with Gasteiger partial charge in [0, 0.05) is 18.9 Å². The minimum Gasteiger partial charge on any atom is -0.368 e. The van der Waals surface area contributed by atoms with Gasteiger partial charge in [-0.1, -0.05) is 19.8 Å². The van der Waals surface area contributed by atoms with Crippen molar-refractivity contribution < 1.29 is 0 Å². The zero-order valence-corrected chi connectivity index (χ0v) is 10.2. The lowest BCUT2D eigenvalue weighted by Crippen LogP contribution is -2.20. The molecule has 88 valence electrons. The van der Waals surface area contributed by atoms with Gasteiger partial charge >= 0.3 is 0 Å². The van der Waals surface area contributed by atoms with Crippen molar-refractivity contribution in [1.82, 2.24) is 9.97 Å². The van der Waals surface area contributed by atoms with Crippen LogP contribution < -0.4 is 5.32 Å². The molecule has 1 fully saturated rings. The first-order chi connectivity index (χ1) is 7.75. The van der Waals surface area contributed by atoms with E-state index in [1.807, 2.05) is 6.92 Å².